The molecule has 7 nitrogen and oxygen atoms in total. The van der Waals surface area contributed by atoms with Crippen molar-refractivity contribution in [1.29, 1.82) is 0 Å². The van der Waals surface area contributed by atoms with E-state index in [2.05, 4.69) is 15.5 Å². The fraction of sp³-hybridized carbons (Fsp3) is 0.231. The normalized spacial score (nSPS) is 11.9. The predicted molar refractivity (Wildman–Crippen MR) is 79.0 cm³/mol. The molecule has 0 saturated heterocycles. The number of nitro groups is 1. The summed E-state index contributed by atoms with van der Waals surface area (Å²) in [6.07, 6.45) is 3.39. The number of rotatable bonds is 6. The van der Waals surface area contributed by atoms with Crippen LogP contribution in [0.15, 0.2) is 41.6 Å². The van der Waals surface area contributed by atoms with Crippen LogP contribution in [0.1, 0.15) is 18.5 Å². The van der Waals surface area contributed by atoms with E-state index in [0.717, 1.165) is 10.5 Å². The van der Waals surface area contributed by atoms with Crippen LogP contribution in [0.5, 0.6) is 0 Å². The highest BCUT2D eigenvalue weighted by Gasteiger charge is 2.11. The van der Waals surface area contributed by atoms with E-state index >= 15 is 0 Å². The minimum atomic E-state index is -0.451. The van der Waals surface area contributed by atoms with Crippen molar-refractivity contribution < 1.29 is 9.72 Å². The Kier molecular flexibility index (Phi) is 4.94. The molecule has 1 atom stereocenters. The SMILES string of the molecule is CC(NC(=O)CSc1ccc([N+](=O)[O-])cc1)c1cn[nH]c1. The Morgan fingerprint density at radius 1 is 1.48 bits per heavy atom. The maximum Gasteiger partial charge on any atom is 0.269 e. The molecule has 2 rings (SSSR count). The first-order valence-electron chi connectivity index (χ1n) is 6.21. The maximum atomic E-state index is 11.8. The molecule has 0 bridgehead atoms. The van der Waals surface area contributed by atoms with Crippen molar-refractivity contribution in [3.8, 4) is 0 Å². The summed E-state index contributed by atoms with van der Waals surface area (Å²) in [5.41, 5.74) is 0.945. The van der Waals surface area contributed by atoms with Gasteiger partial charge in [-0.2, -0.15) is 5.10 Å². The molecule has 0 spiro atoms. The Morgan fingerprint density at radius 3 is 2.76 bits per heavy atom. The molecule has 110 valence electrons. The van der Waals surface area contributed by atoms with Crippen molar-refractivity contribution >= 4 is 23.4 Å². The molecule has 1 amide bonds. The van der Waals surface area contributed by atoms with Crippen LogP contribution >= 0.6 is 11.8 Å². The molecule has 1 heterocycles. The fourth-order valence-electron chi connectivity index (χ4n) is 1.68. The average molecular weight is 306 g/mol. The van der Waals surface area contributed by atoms with Gasteiger partial charge >= 0.3 is 0 Å². The molecular weight excluding hydrogens is 292 g/mol. The summed E-state index contributed by atoms with van der Waals surface area (Å²) in [6.45, 7) is 1.87. The van der Waals surface area contributed by atoms with E-state index < -0.39 is 4.92 Å². The standard InChI is InChI=1S/C13H14N4O3S/c1-9(10-6-14-15-7-10)16-13(18)8-21-12-4-2-11(3-5-12)17(19)20/h2-7,9H,8H2,1H3,(H,14,15)(H,16,18). The van der Waals surface area contributed by atoms with Gasteiger partial charge in [-0.3, -0.25) is 20.0 Å². The zero-order chi connectivity index (χ0) is 15.2. The molecule has 0 aliphatic carbocycles. The highest BCUT2D eigenvalue weighted by molar-refractivity contribution is 8.00. The first-order valence-corrected chi connectivity index (χ1v) is 7.20. The molecule has 1 unspecified atom stereocenters. The van der Waals surface area contributed by atoms with E-state index in [1.54, 1.807) is 24.5 Å². The number of hydrogen-bond acceptors (Lipinski definition) is 5. The summed E-state index contributed by atoms with van der Waals surface area (Å²) < 4.78 is 0. The molecule has 1 aromatic carbocycles. The summed E-state index contributed by atoms with van der Waals surface area (Å²) >= 11 is 1.33. The number of carbonyl (C=O) groups excluding carboxylic acids is 1. The minimum Gasteiger partial charge on any atom is -0.349 e. The van der Waals surface area contributed by atoms with Crippen LogP contribution < -0.4 is 5.32 Å². The van der Waals surface area contributed by atoms with Gasteiger partial charge in [-0.15, -0.1) is 11.8 Å². The second kappa shape index (κ2) is 6.89. The van der Waals surface area contributed by atoms with Gasteiger partial charge in [0.25, 0.3) is 5.69 Å². The number of aromatic amines is 1. The number of aromatic nitrogens is 2. The van der Waals surface area contributed by atoms with Crippen LogP contribution in [-0.4, -0.2) is 26.8 Å². The summed E-state index contributed by atoms with van der Waals surface area (Å²) in [5.74, 6) is 0.145. The molecule has 0 fully saturated rings. The summed E-state index contributed by atoms with van der Waals surface area (Å²) in [7, 11) is 0. The van der Waals surface area contributed by atoms with Crippen molar-refractivity contribution in [3.63, 3.8) is 0 Å². The lowest BCUT2D eigenvalue weighted by molar-refractivity contribution is -0.384. The van der Waals surface area contributed by atoms with Gasteiger partial charge in [0.2, 0.25) is 5.91 Å². The Balaban J connectivity index is 1.82. The van der Waals surface area contributed by atoms with Gasteiger partial charge in [0.1, 0.15) is 0 Å². The third kappa shape index (κ3) is 4.32. The van der Waals surface area contributed by atoms with E-state index in [9.17, 15) is 14.9 Å². The Labute approximate surface area is 125 Å². The lowest BCUT2D eigenvalue weighted by Gasteiger charge is -2.11. The first-order chi connectivity index (χ1) is 10.1. The van der Waals surface area contributed by atoms with Gasteiger partial charge in [0.05, 0.1) is 22.9 Å². The molecule has 8 heteroatoms. The van der Waals surface area contributed by atoms with E-state index in [1.807, 2.05) is 6.92 Å². The predicted octanol–water partition coefficient (Wildman–Crippen LogP) is 2.29. The number of hydrogen-bond donors (Lipinski definition) is 2. The number of non-ortho nitro benzene ring substituents is 1. The smallest absolute Gasteiger partial charge is 0.269 e. The first kappa shape index (κ1) is 15.0. The Hall–Kier alpha value is -2.35. The van der Waals surface area contributed by atoms with Crippen LogP contribution in [0, 0.1) is 10.1 Å². The van der Waals surface area contributed by atoms with Gasteiger partial charge in [-0.1, -0.05) is 0 Å². The molecule has 0 radical (unpaired) electrons. The fourth-order valence-corrected chi connectivity index (χ4v) is 2.39. The van der Waals surface area contributed by atoms with Crippen LogP contribution in [-0.2, 0) is 4.79 Å². The number of carbonyl (C=O) groups is 1. The lowest BCUT2D eigenvalue weighted by Crippen LogP contribution is -2.27. The van der Waals surface area contributed by atoms with E-state index in [-0.39, 0.29) is 23.4 Å². The van der Waals surface area contributed by atoms with Crippen LogP contribution in [0.25, 0.3) is 0 Å². The van der Waals surface area contributed by atoms with Gasteiger partial charge in [-0.05, 0) is 19.1 Å². The van der Waals surface area contributed by atoms with E-state index in [0.29, 0.717) is 0 Å². The molecule has 2 N–H and O–H groups in total. The van der Waals surface area contributed by atoms with Crippen molar-refractivity contribution in [2.75, 3.05) is 5.75 Å². The molecule has 21 heavy (non-hydrogen) atoms. The number of thioether (sulfide) groups is 1. The summed E-state index contributed by atoms with van der Waals surface area (Å²) in [4.78, 5) is 22.7. The zero-order valence-corrected chi connectivity index (χ0v) is 12.1. The number of nitrogens with one attached hydrogen (secondary N) is 2. The zero-order valence-electron chi connectivity index (χ0n) is 11.3. The third-order valence-corrected chi connectivity index (χ3v) is 3.83. The highest BCUT2D eigenvalue weighted by atomic mass is 32.2. The van der Waals surface area contributed by atoms with Crippen LogP contribution in [0.3, 0.4) is 0 Å². The van der Waals surface area contributed by atoms with Crippen molar-refractivity contribution in [1.82, 2.24) is 15.5 Å². The third-order valence-electron chi connectivity index (χ3n) is 2.81. The number of nitro benzene ring substituents is 1. The summed E-state index contributed by atoms with van der Waals surface area (Å²) in [6, 6.07) is 6.00. The van der Waals surface area contributed by atoms with Gasteiger partial charge in [0, 0.05) is 28.8 Å². The van der Waals surface area contributed by atoms with Gasteiger partial charge < -0.3 is 5.32 Å². The molecule has 1 aromatic heterocycles. The molecule has 2 aromatic rings. The Morgan fingerprint density at radius 2 is 2.19 bits per heavy atom. The topological polar surface area (TPSA) is 101 Å². The average Bonchev–Trinajstić information content (AvgIpc) is 3.00. The lowest BCUT2D eigenvalue weighted by atomic mass is 10.2. The number of benzene rings is 1. The quantitative estimate of drug-likeness (QED) is 0.484. The van der Waals surface area contributed by atoms with Crippen LogP contribution in [0.4, 0.5) is 5.69 Å². The number of H-pyrrole nitrogens is 1. The van der Waals surface area contributed by atoms with Gasteiger partial charge in [-0.25, -0.2) is 0 Å². The molecule has 0 saturated carbocycles. The molecule has 0 aliphatic rings. The highest BCUT2D eigenvalue weighted by Crippen LogP contribution is 2.21. The second-order valence-electron chi connectivity index (χ2n) is 4.36. The van der Waals surface area contributed by atoms with E-state index in [4.69, 9.17) is 0 Å². The largest absolute Gasteiger partial charge is 0.349 e. The monoisotopic (exact) mass is 306 g/mol. The van der Waals surface area contributed by atoms with Crippen molar-refractivity contribution in [3.05, 3.63) is 52.3 Å². The van der Waals surface area contributed by atoms with E-state index in [1.165, 1.54) is 23.9 Å². The molecule has 0 aliphatic heterocycles. The number of nitrogens with zero attached hydrogens (tertiary/aromatic N) is 2. The maximum absolute atomic E-state index is 11.8. The van der Waals surface area contributed by atoms with Crippen LogP contribution in [0.2, 0.25) is 0 Å². The Bertz CT molecular complexity index is 613. The number of amides is 1. The second-order valence-corrected chi connectivity index (χ2v) is 5.41. The van der Waals surface area contributed by atoms with Gasteiger partial charge in [0.15, 0.2) is 0 Å². The summed E-state index contributed by atoms with van der Waals surface area (Å²) in [5, 5.41) is 19.9. The van der Waals surface area contributed by atoms with Crippen molar-refractivity contribution in [2.45, 2.75) is 17.9 Å². The molecular formula is C13H14N4O3S. The van der Waals surface area contributed by atoms with Crippen molar-refractivity contribution in [2.24, 2.45) is 0 Å². The minimum absolute atomic E-state index is 0.0392.